The van der Waals surface area contributed by atoms with Crippen LogP contribution in [-0.4, -0.2) is 17.7 Å². The Morgan fingerprint density at radius 3 is 2.96 bits per heavy atom. The van der Waals surface area contributed by atoms with E-state index in [1.165, 1.54) is 11.8 Å². The second-order valence-electron chi connectivity index (χ2n) is 5.59. The molecule has 0 atom stereocenters. The highest BCUT2D eigenvalue weighted by molar-refractivity contribution is 9.10. The van der Waals surface area contributed by atoms with Crippen molar-refractivity contribution in [3.05, 3.63) is 61.9 Å². The van der Waals surface area contributed by atoms with Gasteiger partial charge < -0.3 is 10.1 Å². The molecule has 7 heteroatoms. The Hall–Kier alpha value is -2.20. The van der Waals surface area contributed by atoms with Crippen LogP contribution in [0, 0.1) is 19.3 Å². The summed E-state index contributed by atoms with van der Waals surface area (Å²) in [6.45, 7) is 2.09. The normalized spacial score (nSPS) is 16.4. The number of rotatable bonds is 4. The van der Waals surface area contributed by atoms with Crippen molar-refractivity contribution in [3.63, 3.8) is 0 Å². The zero-order valence-corrected chi connectivity index (χ0v) is 17.4. The summed E-state index contributed by atoms with van der Waals surface area (Å²) in [6, 6.07) is 11.0. The molecule has 0 bridgehead atoms. The summed E-state index contributed by atoms with van der Waals surface area (Å²) < 4.78 is 6.42. The maximum absolute atomic E-state index is 12.3. The number of amides is 1. The first-order chi connectivity index (χ1) is 13.0. The lowest BCUT2D eigenvalue weighted by atomic mass is 10.2. The Kier molecular flexibility index (Phi) is 6.27. The van der Waals surface area contributed by atoms with Crippen LogP contribution in [0.25, 0.3) is 6.08 Å². The van der Waals surface area contributed by atoms with Crippen molar-refractivity contribution in [1.29, 1.82) is 0 Å². The Morgan fingerprint density at radius 1 is 1.37 bits per heavy atom. The van der Waals surface area contributed by atoms with E-state index < -0.39 is 0 Å². The molecule has 0 aromatic heterocycles. The number of nitrogens with one attached hydrogen (secondary N) is 1. The van der Waals surface area contributed by atoms with E-state index in [0.29, 0.717) is 26.5 Å². The summed E-state index contributed by atoms with van der Waals surface area (Å²) in [5.74, 6) is 2.82. The Labute approximate surface area is 175 Å². The SMILES string of the molecule is C#CCOc1ccc(Br)cc1/C=C1\SC(=Nc2cc(Cl)ccc2C)NC1=O. The molecule has 2 aromatic rings. The molecule has 4 nitrogen and oxygen atoms in total. The molecule has 3 rings (SSSR count). The Balaban J connectivity index is 1.90. The molecule has 1 amide bonds. The minimum atomic E-state index is -0.221. The molecule has 2 aromatic carbocycles. The van der Waals surface area contributed by atoms with Gasteiger partial charge in [-0.15, -0.1) is 6.42 Å². The number of carbonyl (C=O) groups excluding carboxylic acids is 1. The van der Waals surface area contributed by atoms with Gasteiger partial charge in [-0.3, -0.25) is 4.79 Å². The predicted molar refractivity (Wildman–Crippen MR) is 115 cm³/mol. The van der Waals surface area contributed by atoms with Gasteiger partial charge in [0, 0.05) is 15.1 Å². The van der Waals surface area contributed by atoms with Crippen molar-refractivity contribution in [1.82, 2.24) is 5.32 Å². The van der Waals surface area contributed by atoms with Crippen molar-refractivity contribution >= 4 is 62.1 Å². The fraction of sp³-hybridized carbons (Fsp3) is 0.100. The van der Waals surface area contributed by atoms with Crippen LogP contribution in [-0.2, 0) is 4.79 Å². The van der Waals surface area contributed by atoms with Crippen LogP contribution < -0.4 is 10.1 Å². The number of benzene rings is 2. The van der Waals surface area contributed by atoms with Gasteiger partial charge in [-0.25, -0.2) is 4.99 Å². The van der Waals surface area contributed by atoms with Gasteiger partial charge in [0.1, 0.15) is 12.4 Å². The molecule has 0 radical (unpaired) electrons. The molecule has 1 aliphatic heterocycles. The highest BCUT2D eigenvalue weighted by atomic mass is 79.9. The molecule has 1 fully saturated rings. The van der Waals surface area contributed by atoms with E-state index in [0.717, 1.165) is 15.6 Å². The van der Waals surface area contributed by atoms with Crippen LogP contribution >= 0.6 is 39.3 Å². The van der Waals surface area contributed by atoms with E-state index in [-0.39, 0.29) is 12.5 Å². The largest absolute Gasteiger partial charge is 0.480 e. The molecule has 0 saturated carbocycles. The number of halogens is 2. The fourth-order valence-corrected chi connectivity index (χ4v) is 3.69. The van der Waals surface area contributed by atoms with E-state index >= 15 is 0 Å². The van der Waals surface area contributed by atoms with Crippen LogP contribution in [0.1, 0.15) is 11.1 Å². The van der Waals surface area contributed by atoms with Gasteiger partial charge in [-0.2, -0.15) is 0 Å². The van der Waals surface area contributed by atoms with Crippen LogP contribution in [0.5, 0.6) is 5.75 Å². The molecule has 1 heterocycles. The number of hydrogen-bond acceptors (Lipinski definition) is 4. The van der Waals surface area contributed by atoms with Crippen LogP contribution in [0.15, 0.2) is 50.8 Å². The molecular formula is C20H14BrClN2O2S. The monoisotopic (exact) mass is 460 g/mol. The number of hydrogen-bond donors (Lipinski definition) is 1. The van der Waals surface area contributed by atoms with Gasteiger partial charge in [-0.1, -0.05) is 39.5 Å². The number of terminal acetylenes is 1. The molecule has 1 saturated heterocycles. The highest BCUT2D eigenvalue weighted by Crippen LogP contribution is 2.33. The average molecular weight is 462 g/mol. The number of amidine groups is 1. The topological polar surface area (TPSA) is 50.7 Å². The standard InChI is InChI=1S/C20H14BrClN2O2S/c1-3-8-26-17-7-5-14(21)9-13(17)10-18-19(25)24-20(27-18)23-16-11-15(22)6-4-12(16)2/h1,4-7,9-11H,8H2,2H3,(H,23,24,25)/b18-10-. The van der Waals surface area contributed by atoms with E-state index in [1.54, 1.807) is 24.3 Å². The second kappa shape index (κ2) is 8.66. The number of aliphatic imine (C=N–C) groups is 1. The van der Waals surface area contributed by atoms with E-state index in [4.69, 9.17) is 22.8 Å². The summed E-state index contributed by atoms with van der Waals surface area (Å²) in [5, 5.41) is 3.86. The average Bonchev–Trinajstić information content (AvgIpc) is 2.96. The van der Waals surface area contributed by atoms with E-state index in [2.05, 4.69) is 32.2 Å². The zero-order chi connectivity index (χ0) is 19.4. The number of ether oxygens (including phenoxy) is 1. The summed E-state index contributed by atoms with van der Waals surface area (Å²) in [4.78, 5) is 17.4. The third-order valence-corrected chi connectivity index (χ3v) is 5.25. The summed E-state index contributed by atoms with van der Waals surface area (Å²) in [5.41, 5.74) is 2.43. The molecule has 1 N–H and O–H groups in total. The number of nitrogens with zero attached hydrogens (tertiary/aromatic N) is 1. The van der Waals surface area contributed by atoms with Gasteiger partial charge >= 0.3 is 0 Å². The van der Waals surface area contributed by atoms with Crippen molar-refractivity contribution in [3.8, 4) is 18.1 Å². The van der Waals surface area contributed by atoms with E-state index in [1.807, 2.05) is 25.1 Å². The minimum absolute atomic E-state index is 0.151. The number of thioether (sulfide) groups is 1. The molecule has 0 spiro atoms. The maximum atomic E-state index is 12.3. The van der Waals surface area contributed by atoms with Gasteiger partial charge in [-0.05, 0) is 60.7 Å². The molecular weight excluding hydrogens is 448 g/mol. The smallest absolute Gasteiger partial charge is 0.264 e. The first kappa shape index (κ1) is 19.6. The van der Waals surface area contributed by atoms with Crippen molar-refractivity contribution in [2.75, 3.05) is 6.61 Å². The van der Waals surface area contributed by atoms with Crippen molar-refractivity contribution in [2.24, 2.45) is 4.99 Å². The quantitative estimate of drug-likeness (QED) is 0.495. The third kappa shape index (κ3) is 4.95. The van der Waals surface area contributed by atoms with E-state index in [9.17, 15) is 4.79 Å². The minimum Gasteiger partial charge on any atom is -0.480 e. The lowest BCUT2D eigenvalue weighted by Crippen LogP contribution is -2.19. The fourth-order valence-electron chi connectivity index (χ4n) is 2.32. The lowest BCUT2D eigenvalue weighted by molar-refractivity contribution is -0.115. The van der Waals surface area contributed by atoms with Crippen LogP contribution in [0.4, 0.5) is 5.69 Å². The summed E-state index contributed by atoms with van der Waals surface area (Å²) in [6.07, 6.45) is 7.02. The van der Waals surface area contributed by atoms with Crippen LogP contribution in [0.2, 0.25) is 5.02 Å². The Morgan fingerprint density at radius 2 is 2.19 bits per heavy atom. The first-order valence-corrected chi connectivity index (χ1v) is 9.86. The number of aryl methyl sites for hydroxylation is 1. The van der Waals surface area contributed by atoms with Gasteiger partial charge in [0.25, 0.3) is 5.91 Å². The molecule has 136 valence electrons. The Bertz CT molecular complexity index is 1010. The van der Waals surface area contributed by atoms with Gasteiger partial charge in [0.2, 0.25) is 0 Å². The first-order valence-electron chi connectivity index (χ1n) is 7.88. The summed E-state index contributed by atoms with van der Waals surface area (Å²) >= 11 is 10.7. The molecule has 27 heavy (non-hydrogen) atoms. The lowest BCUT2D eigenvalue weighted by Gasteiger charge is -2.07. The zero-order valence-electron chi connectivity index (χ0n) is 14.3. The predicted octanol–water partition coefficient (Wildman–Crippen LogP) is 5.31. The van der Waals surface area contributed by atoms with Crippen molar-refractivity contribution < 1.29 is 9.53 Å². The van der Waals surface area contributed by atoms with Crippen molar-refractivity contribution in [2.45, 2.75) is 6.92 Å². The van der Waals surface area contributed by atoms with Gasteiger partial charge in [0.15, 0.2) is 5.17 Å². The number of carbonyl (C=O) groups is 1. The molecule has 0 aliphatic carbocycles. The molecule has 0 unspecified atom stereocenters. The van der Waals surface area contributed by atoms with Crippen LogP contribution in [0.3, 0.4) is 0 Å². The van der Waals surface area contributed by atoms with Gasteiger partial charge in [0.05, 0.1) is 10.6 Å². The third-order valence-electron chi connectivity index (χ3n) is 3.61. The molecule has 1 aliphatic rings. The highest BCUT2D eigenvalue weighted by Gasteiger charge is 2.24. The second-order valence-corrected chi connectivity index (χ2v) is 7.97. The maximum Gasteiger partial charge on any atom is 0.264 e. The summed E-state index contributed by atoms with van der Waals surface area (Å²) in [7, 11) is 0.